The van der Waals surface area contributed by atoms with Gasteiger partial charge in [-0.1, -0.05) is 13.8 Å². The summed E-state index contributed by atoms with van der Waals surface area (Å²) in [5, 5.41) is 6.14. The summed E-state index contributed by atoms with van der Waals surface area (Å²) in [7, 11) is 0. The monoisotopic (exact) mass is 340 g/mol. The molecule has 0 spiro atoms. The molecule has 7 heteroatoms. The van der Waals surface area contributed by atoms with E-state index in [0.717, 1.165) is 38.4 Å². The van der Waals surface area contributed by atoms with Crippen molar-refractivity contribution in [3.63, 3.8) is 0 Å². The van der Waals surface area contributed by atoms with E-state index < -0.39 is 0 Å². The Morgan fingerprint density at radius 1 is 1.21 bits per heavy atom. The number of esters is 1. The predicted octanol–water partition coefficient (Wildman–Crippen LogP) is 0.999. The first-order valence-electron chi connectivity index (χ1n) is 8.97. The number of rotatable bonds is 7. The van der Waals surface area contributed by atoms with Crippen LogP contribution in [-0.4, -0.2) is 62.1 Å². The molecule has 1 saturated heterocycles. The topological polar surface area (TPSA) is 83.0 Å². The van der Waals surface area contributed by atoms with E-state index in [1.807, 2.05) is 27.7 Å². The van der Waals surface area contributed by atoms with Crippen molar-refractivity contribution in [3.05, 3.63) is 0 Å². The highest BCUT2D eigenvalue weighted by molar-refractivity contribution is 5.81. The molecule has 1 aliphatic rings. The normalized spacial score (nSPS) is 16.2. The molecule has 0 aromatic heterocycles. The third-order valence-electron chi connectivity index (χ3n) is 3.95. The largest absolute Gasteiger partial charge is 0.466 e. The summed E-state index contributed by atoms with van der Waals surface area (Å²) >= 11 is 0. The van der Waals surface area contributed by atoms with Gasteiger partial charge in [-0.15, -0.1) is 0 Å². The van der Waals surface area contributed by atoms with Crippen LogP contribution in [0.2, 0.25) is 0 Å². The second-order valence-electron chi connectivity index (χ2n) is 6.19. The Hall–Kier alpha value is -1.79. The molecule has 0 atom stereocenters. The molecule has 0 unspecified atom stereocenters. The average Bonchev–Trinajstić information content (AvgIpc) is 2.57. The number of amides is 1. The molecule has 1 rings (SSSR count). The van der Waals surface area contributed by atoms with Gasteiger partial charge >= 0.3 is 5.97 Å². The smallest absolute Gasteiger partial charge is 0.309 e. The van der Waals surface area contributed by atoms with Crippen LogP contribution >= 0.6 is 0 Å². The van der Waals surface area contributed by atoms with E-state index in [2.05, 4.69) is 20.5 Å². The molecule has 1 heterocycles. The number of nitrogens with one attached hydrogen (secondary N) is 2. The van der Waals surface area contributed by atoms with Crippen LogP contribution < -0.4 is 10.6 Å². The molecule has 0 aromatic rings. The van der Waals surface area contributed by atoms with Gasteiger partial charge in [0, 0.05) is 32.1 Å². The third-order valence-corrected chi connectivity index (χ3v) is 3.95. The first kappa shape index (κ1) is 20.3. The van der Waals surface area contributed by atoms with Crippen LogP contribution in [0.15, 0.2) is 4.99 Å². The van der Waals surface area contributed by atoms with E-state index in [1.54, 1.807) is 0 Å². The summed E-state index contributed by atoms with van der Waals surface area (Å²) in [4.78, 5) is 30.1. The van der Waals surface area contributed by atoms with Crippen molar-refractivity contribution in [3.8, 4) is 0 Å². The Kier molecular flexibility index (Phi) is 9.19. The van der Waals surface area contributed by atoms with E-state index in [0.29, 0.717) is 19.7 Å². The maximum absolute atomic E-state index is 11.8. The molecule has 1 fully saturated rings. The van der Waals surface area contributed by atoms with Crippen molar-refractivity contribution in [1.29, 1.82) is 0 Å². The third kappa shape index (κ3) is 6.76. The summed E-state index contributed by atoms with van der Waals surface area (Å²) < 4.78 is 5.10. The molecular weight excluding hydrogens is 308 g/mol. The van der Waals surface area contributed by atoms with Gasteiger partial charge in [-0.2, -0.15) is 0 Å². The minimum Gasteiger partial charge on any atom is -0.466 e. The zero-order valence-corrected chi connectivity index (χ0v) is 15.4. The number of nitrogens with zero attached hydrogens (tertiary/aromatic N) is 2. The van der Waals surface area contributed by atoms with Gasteiger partial charge in [0.2, 0.25) is 5.91 Å². The van der Waals surface area contributed by atoms with Crippen LogP contribution in [0.4, 0.5) is 0 Å². The number of carbonyl (C=O) groups is 2. The van der Waals surface area contributed by atoms with Crippen molar-refractivity contribution in [2.45, 2.75) is 40.5 Å². The highest BCUT2D eigenvalue weighted by Crippen LogP contribution is 2.18. The van der Waals surface area contributed by atoms with E-state index >= 15 is 0 Å². The first-order chi connectivity index (χ1) is 11.5. The standard InChI is InChI=1S/C17H32N4O3/c1-5-18-17(20-10-9-19-15(22)13(3)4)21-11-7-14(8-12-21)16(23)24-6-2/h13-14H,5-12H2,1-4H3,(H,18,20)(H,19,22). The Morgan fingerprint density at radius 2 is 1.88 bits per heavy atom. The number of guanidine groups is 1. The molecule has 0 aliphatic carbocycles. The molecule has 138 valence electrons. The lowest BCUT2D eigenvalue weighted by atomic mass is 9.97. The zero-order valence-electron chi connectivity index (χ0n) is 15.4. The lowest BCUT2D eigenvalue weighted by Crippen LogP contribution is -2.47. The number of piperidine rings is 1. The van der Waals surface area contributed by atoms with Crippen LogP contribution in [0.5, 0.6) is 0 Å². The lowest BCUT2D eigenvalue weighted by Gasteiger charge is -2.33. The van der Waals surface area contributed by atoms with Crippen LogP contribution in [0.3, 0.4) is 0 Å². The van der Waals surface area contributed by atoms with E-state index in [4.69, 9.17) is 4.74 Å². The lowest BCUT2D eigenvalue weighted by molar-refractivity contribution is -0.149. The van der Waals surface area contributed by atoms with Crippen molar-refractivity contribution in [1.82, 2.24) is 15.5 Å². The summed E-state index contributed by atoms with van der Waals surface area (Å²) in [6.45, 7) is 11.5. The number of hydrogen-bond donors (Lipinski definition) is 2. The van der Waals surface area contributed by atoms with Gasteiger partial charge in [0.1, 0.15) is 0 Å². The molecule has 0 saturated carbocycles. The van der Waals surface area contributed by atoms with E-state index in [-0.39, 0.29) is 23.7 Å². The molecule has 0 aromatic carbocycles. The second kappa shape index (κ2) is 10.9. The number of likely N-dealkylation sites (tertiary alicyclic amines) is 1. The summed E-state index contributed by atoms with van der Waals surface area (Å²) in [6, 6.07) is 0. The summed E-state index contributed by atoms with van der Waals surface area (Å²) in [5.41, 5.74) is 0. The minimum absolute atomic E-state index is 0.00518. The number of ether oxygens (including phenoxy) is 1. The van der Waals surface area contributed by atoms with Crippen molar-refractivity contribution in [2.75, 3.05) is 39.3 Å². The Labute approximate surface area is 145 Å². The van der Waals surface area contributed by atoms with Gasteiger partial charge in [0.25, 0.3) is 0 Å². The minimum atomic E-state index is -0.0875. The van der Waals surface area contributed by atoms with Crippen LogP contribution in [0.1, 0.15) is 40.5 Å². The fraction of sp³-hybridized carbons (Fsp3) is 0.824. The van der Waals surface area contributed by atoms with Crippen molar-refractivity contribution >= 4 is 17.8 Å². The highest BCUT2D eigenvalue weighted by Gasteiger charge is 2.27. The van der Waals surface area contributed by atoms with Crippen molar-refractivity contribution < 1.29 is 14.3 Å². The predicted molar refractivity (Wildman–Crippen MR) is 94.8 cm³/mol. The van der Waals surface area contributed by atoms with Gasteiger partial charge in [-0.05, 0) is 26.7 Å². The quantitative estimate of drug-likeness (QED) is 0.313. The molecule has 0 bridgehead atoms. The fourth-order valence-electron chi connectivity index (χ4n) is 2.56. The maximum atomic E-state index is 11.8. The molecule has 1 amide bonds. The summed E-state index contributed by atoms with van der Waals surface area (Å²) in [5.74, 6) is 0.790. The van der Waals surface area contributed by atoms with Crippen LogP contribution in [0, 0.1) is 11.8 Å². The molecule has 24 heavy (non-hydrogen) atoms. The summed E-state index contributed by atoms with van der Waals surface area (Å²) in [6.07, 6.45) is 1.57. The van der Waals surface area contributed by atoms with Crippen LogP contribution in [-0.2, 0) is 14.3 Å². The average molecular weight is 340 g/mol. The molecular formula is C17H32N4O3. The van der Waals surface area contributed by atoms with E-state index in [1.165, 1.54) is 0 Å². The van der Waals surface area contributed by atoms with Gasteiger partial charge in [-0.25, -0.2) is 0 Å². The van der Waals surface area contributed by atoms with Crippen molar-refractivity contribution in [2.24, 2.45) is 16.8 Å². The molecule has 2 N–H and O–H groups in total. The molecule has 0 radical (unpaired) electrons. The molecule has 7 nitrogen and oxygen atoms in total. The number of carbonyl (C=O) groups excluding carboxylic acids is 2. The Bertz CT molecular complexity index is 430. The zero-order chi connectivity index (χ0) is 17.9. The number of aliphatic imine (C=N–C) groups is 1. The number of hydrogen-bond acceptors (Lipinski definition) is 4. The maximum Gasteiger partial charge on any atom is 0.309 e. The SMILES string of the molecule is CCNC(=NCCNC(=O)C(C)C)N1CCC(C(=O)OCC)CC1. The Morgan fingerprint density at radius 3 is 2.42 bits per heavy atom. The first-order valence-corrected chi connectivity index (χ1v) is 8.97. The van der Waals surface area contributed by atoms with Gasteiger partial charge in [0.15, 0.2) is 5.96 Å². The van der Waals surface area contributed by atoms with E-state index in [9.17, 15) is 9.59 Å². The second-order valence-corrected chi connectivity index (χ2v) is 6.19. The van der Waals surface area contributed by atoms with Gasteiger partial charge in [0.05, 0.1) is 19.1 Å². The highest BCUT2D eigenvalue weighted by atomic mass is 16.5. The van der Waals surface area contributed by atoms with Gasteiger partial charge < -0.3 is 20.3 Å². The molecule has 1 aliphatic heterocycles. The van der Waals surface area contributed by atoms with Crippen LogP contribution in [0.25, 0.3) is 0 Å². The van der Waals surface area contributed by atoms with Gasteiger partial charge in [-0.3, -0.25) is 14.6 Å². The fourth-order valence-corrected chi connectivity index (χ4v) is 2.56. The Balaban J connectivity index is 2.46.